The van der Waals surface area contributed by atoms with Gasteiger partial charge in [0.25, 0.3) is 0 Å². The highest BCUT2D eigenvalue weighted by atomic mass is 32.3. The molecule has 5 nitrogen and oxygen atoms in total. The van der Waals surface area contributed by atoms with Crippen LogP contribution in [0.25, 0.3) is 0 Å². The quantitative estimate of drug-likeness (QED) is 0.405. The summed E-state index contributed by atoms with van der Waals surface area (Å²) in [7, 11) is -5.17. The summed E-state index contributed by atoms with van der Waals surface area (Å²) in [5.41, 5.74) is 0. The van der Waals surface area contributed by atoms with E-state index in [1.54, 1.807) is 0 Å². The molecule has 1 aliphatic rings. The van der Waals surface area contributed by atoms with E-state index in [2.05, 4.69) is 0 Å². The van der Waals surface area contributed by atoms with E-state index in [-0.39, 0.29) is 0 Å². The van der Waals surface area contributed by atoms with Crippen molar-refractivity contribution in [3.05, 3.63) is 0 Å². The molecule has 62 valence electrons. The van der Waals surface area contributed by atoms with Crippen LogP contribution in [0.3, 0.4) is 0 Å². The van der Waals surface area contributed by atoms with Crippen molar-refractivity contribution in [3.63, 3.8) is 0 Å². The highest BCUT2D eigenvalue weighted by Crippen LogP contribution is 1.85. The summed E-state index contributed by atoms with van der Waals surface area (Å²) in [5.74, 6) is 0. The van der Waals surface area contributed by atoms with Gasteiger partial charge in [-0.25, -0.2) is 0 Å². The number of rotatable bonds is 0. The van der Waals surface area contributed by atoms with Crippen LogP contribution in [0, 0.1) is 0 Å². The first-order chi connectivity index (χ1) is 4.50. The Morgan fingerprint density at radius 3 is 1.70 bits per heavy atom. The minimum Gasteiger partial charge on any atom is -0.353 e. The molecule has 1 saturated heterocycles. The number of hydrogen-bond acceptors (Lipinski definition) is 4. The van der Waals surface area contributed by atoms with E-state index >= 15 is 0 Å². The molecule has 0 saturated carbocycles. The van der Waals surface area contributed by atoms with Gasteiger partial charge in [0.1, 0.15) is 6.79 Å². The number of halogens is 1. The molecule has 7 heteroatoms. The van der Waals surface area contributed by atoms with Crippen molar-refractivity contribution >= 4 is 10.5 Å². The van der Waals surface area contributed by atoms with Gasteiger partial charge in [0.2, 0.25) is 0 Å². The predicted octanol–water partition coefficient (Wildman–Crippen LogP) is -0.251. The zero-order chi connectivity index (χ0) is 8.04. The largest absolute Gasteiger partial charge is 0.435 e. The normalized spacial score (nSPS) is 17.8. The molecule has 1 N–H and O–H groups in total. The lowest BCUT2D eigenvalue weighted by atomic mass is 10.8. The molecule has 0 bridgehead atoms. The molecule has 1 rings (SSSR count). The van der Waals surface area contributed by atoms with E-state index in [4.69, 9.17) is 22.4 Å². The van der Waals surface area contributed by atoms with Gasteiger partial charge in [0, 0.05) is 0 Å². The van der Waals surface area contributed by atoms with Gasteiger partial charge in [-0.3, -0.25) is 4.55 Å². The summed E-state index contributed by atoms with van der Waals surface area (Å²) < 4.78 is 43.5. The van der Waals surface area contributed by atoms with Crippen LogP contribution in [0.1, 0.15) is 0 Å². The average Bonchev–Trinajstić information content (AvgIpc) is 2.07. The van der Waals surface area contributed by atoms with Gasteiger partial charge in [-0.2, -0.15) is 8.42 Å². The van der Waals surface area contributed by atoms with Crippen LogP contribution in [0.5, 0.6) is 0 Å². The topological polar surface area (TPSA) is 72.8 Å². The maximum absolute atomic E-state index is 10.2. The highest BCUT2D eigenvalue weighted by Gasteiger charge is 1.93. The molecular formula is C3H7FO5S. The average molecular weight is 174 g/mol. The summed E-state index contributed by atoms with van der Waals surface area (Å²) in [6.07, 6.45) is 0. The molecule has 0 radical (unpaired) electrons. The van der Waals surface area contributed by atoms with Gasteiger partial charge in [0.05, 0.1) is 13.2 Å². The lowest BCUT2D eigenvalue weighted by Gasteiger charge is -1.76. The maximum Gasteiger partial charge on any atom is 0.435 e. The van der Waals surface area contributed by atoms with E-state index < -0.39 is 10.5 Å². The third kappa shape index (κ3) is 15.7. The Balaban J connectivity index is 0.000000162. The van der Waals surface area contributed by atoms with E-state index in [9.17, 15) is 3.89 Å². The standard InChI is InChI=1S/C3H6O2.FHO3S/c1-2-5-3-4-1;1-5(2,3)4/h1-3H2;(H,2,3,4). The van der Waals surface area contributed by atoms with Crippen molar-refractivity contribution in [3.8, 4) is 0 Å². The van der Waals surface area contributed by atoms with Crippen molar-refractivity contribution < 1.29 is 26.3 Å². The van der Waals surface area contributed by atoms with E-state index in [0.29, 0.717) is 6.79 Å². The molecule has 10 heavy (non-hydrogen) atoms. The molecule has 0 aromatic rings. The Labute approximate surface area is 57.8 Å². The third-order valence-corrected chi connectivity index (χ3v) is 0.539. The minimum atomic E-state index is -5.17. The lowest BCUT2D eigenvalue weighted by Crippen LogP contribution is -1.80. The zero-order valence-corrected chi connectivity index (χ0v) is 5.80. The van der Waals surface area contributed by atoms with Gasteiger partial charge in [0.15, 0.2) is 0 Å². The van der Waals surface area contributed by atoms with E-state index in [1.807, 2.05) is 0 Å². The maximum atomic E-state index is 10.2. The van der Waals surface area contributed by atoms with Crippen LogP contribution < -0.4 is 0 Å². The highest BCUT2D eigenvalue weighted by molar-refractivity contribution is 7.80. The number of hydrogen-bond donors (Lipinski definition) is 1. The molecule has 0 aliphatic carbocycles. The monoisotopic (exact) mass is 174 g/mol. The molecule has 0 unspecified atom stereocenters. The molecule has 0 amide bonds. The summed E-state index contributed by atoms with van der Waals surface area (Å²) in [4.78, 5) is 0. The van der Waals surface area contributed by atoms with Crippen molar-refractivity contribution in [2.45, 2.75) is 0 Å². The van der Waals surface area contributed by atoms with Gasteiger partial charge >= 0.3 is 10.5 Å². The number of ether oxygens (including phenoxy) is 2. The van der Waals surface area contributed by atoms with Crippen LogP contribution >= 0.6 is 0 Å². The zero-order valence-electron chi connectivity index (χ0n) is 4.99. The van der Waals surface area contributed by atoms with Gasteiger partial charge in [-0.1, -0.05) is 3.89 Å². The van der Waals surface area contributed by atoms with Gasteiger partial charge < -0.3 is 9.47 Å². The molecule has 0 aromatic carbocycles. The molecule has 0 atom stereocenters. The smallest absolute Gasteiger partial charge is 0.353 e. The summed E-state index contributed by atoms with van der Waals surface area (Å²) in [6.45, 7) is 2.06. The fourth-order valence-corrected chi connectivity index (χ4v) is 0.295. The third-order valence-electron chi connectivity index (χ3n) is 0.539. The Hall–Kier alpha value is -0.240. The van der Waals surface area contributed by atoms with Crippen LogP contribution in [-0.4, -0.2) is 33.0 Å². The van der Waals surface area contributed by atoms with Crippen molar-refractivity contribution in [2.24, 2.45) is 0 Å². The Kier molecular flexibility index (Phi) is 4.45. The summed E-state index contributed by atoms with van der Waals surface area (Å²) >= 11 is 0. The SMILES string of the molecule is C1COCO1.O=S(=O)(O)F. The second kappa shape index (κ2) is 4.56. The first-order valence-electron chi connectivity index (χ1n) is 2.32. The van der Waals surface area contributed by atoms with E-state index in [1.165, 1.54) is 0 Å². The van der Waals surface area contributed by atoms with Crippen LogP contribution in [0.15, 0.2) is 0 Å². The van der Waals surface area contributed by atoms with Crippen LogP contribution in [-0.2, 0) is 20.0 Å². The van der Waals surface area contributed by atoms with Crippen LogP contribution in [0.4, 0.5) is 3.89 Å². The van der Waals surface area contributed by atoms with Crippen molar-refractivity contribution in [1.82, 2.24) is 0 Å². The Morgan fingerprint density at radius 1 is 1.30 bits per heavy atom. The van der Waals surface area contributed by atoms with Gasteiger partial charge in [-0.15, -0.1) is 0 Å². The fourth-order valence-electron chi connectivity index (χ4n) is 0.295. The molecule has 1 aliphatic heterocycles. The van der Waals surface area contributed by atoms with Crippen molar-refractivity contribution in [2.75, 3.05) is 20.0 Å². The first kappa shape index (κ1) is 9.76. The Bertz CT molecular complexity index is 144. The Morgan fingerprint density at radius 2 is 1.60 bits per heavy atom. The van der Waals surface area contributed by atoms with Crippen LogP contribution in [0.2, 0.25) is 0 Å². The first-order valence-corrected chi connectivity index (χ1v) is 3.67. The predicted molar refractivity (Wildman–Crippen MR) is 29.4 cm³/mol. The molecule has 1 fully saturated rings. The second-order valence-corrected chi connectivity index (χ2v) is 2.17. The molecule has 0 spiro atoms. The van der Waals surface area contributed by atoms with E-state index in [0.717, 1.165) is 13.2 Å². The molecule has 1 heterocycles. The molecule has 0 aromatic heterocycles. The second-order valence-electron chi connectivity index (χ2n) is 1.35. The summed E-state index contributed by atoms with van der Waals surface area (Å²) in [6, 6.07) is 0. The minimum absolute atomic E-state index is 0.500. The fraction of sp³-hybridized carbons (Fsp3) is 1.00. The lowest BCUT2D eigenvalue weighted by molar-refractivity contribution is 0.0692. The summed E-state index contributed by atoms with van der Waals surface area (Å²) in [5, 5.41) is 0. The van der Waals surface area contributed by atoms with Gasteiger partial charge in [-0.05, 0) is 0 Å². The van der Waals surface area contributed by atoms with Crippen molar-refractivity contribution in [1.29, 1.82) is 0 Å². The molecular weight excluding hydrogens is 167 g/mol.